The highest BCUT2D eigenvalue weighted by Gasteiger charge is 2.41. The summed E-state index contributed by atoms with van der Waals surface area (Å²) < 4.78 is 5.40. The summed E-state index contributed by atoms with van der Waals surface area (Å²) in [6.07, 6.45) is 1.56. The van der Waals surface area contributed by atoms with Gasteiger partial charge in [0, 0.05) is 18.7 Å². The largest absolute Gasteiger partial charge is 0.497 e. The van der Waals surface area contributed by atoms with E-state index in [1.165, 1.54) is 0 Å². The Morgan fingerprint density at radius 3 is 2.33 bits per heavy atom. The van der Waals surface area contributed by atoms with Gasteiger partial charge in [0.1, 0.15) is 11.4 Å². The van der Waals surface area contributed by atoms with Gasteiger partial charge in [-0.05, 0) is 81.1 Å². The van der Waals surface area contributed by atoms with Gasteiger partial charge in [-0.2, -0.15) is 0 Å². The number of amides is 1. The highest BCUT2D eigenvalue weighted by atomic mass is 16.5. The van der Waals surface area contributed by atoms with E-state index >= 15 is 0 Å². The summed E-state index contributed by atoms with van der Waals surface area (Å²) in [6, 6.07) is 15.0. The van der Waals surface area contributed by atoms with Crippen LogP contribution in [0, 0.1) is 5.92 Å². The van der Waals surface area contributed by atoms with Crippen LogP contribution in [0.15, 0.2) is 48.5 Å². The first kappa shape index (κ1) is 22.4. The molecule has 1 fully saturated rings. The summed E-state index contributed by atoms with van der Waals surface area (Å²) in [4.78, 5) is 16.3. The fraction of sp³-hybridized carbons (Fsp3) is 0.458. The number of hydrogen-bond donors (Lipinski definition) is 1. The van der Waals surface area contributed by atoms with E-state index in [0.717, 1.165) is 37.1 Å². The highest BCUT2D eigenvalue weighted by molar-refractivity contribution is 6.04. The van der Waals surface area contributed by atoms with Crippen LogP contribution in [0.1, 0.15) is 48.2 Å². The van der Waals surface area contributed by atoms with Crippen LogP contribution in [0.2, 0.25) is 0 Å². The molecule has 1 unspecified atom stereocenters. The standard InChI is InChI=1S/C24H31BN2O3/c1-4-26(5-2)23(28)18-9-11-19(12-10-18)24(29,20-13-15-27(25)16-14-20)21-7-6-8-22(17-21)30-3/h6-12,17,20,29H,4-5,13-16H2,1-3H3. The summed E-state index contributed by atoms with van der Waals surface area (Å²) in [5, 5.41) is 12.1. The fourth-order valence-corrected chi connectivity index (χ4v) is 4.38. The lowest BCUT2D eigenvalue weighted by Crippen LogP contribution is -2.43. The van der Waals surface area contributed by atoms with Crippen molar-refractivity contribution in [2.24, 2.45) is 5.92 Å². The van der Waals surface area contributed by atoms with Crippen LogP contribution in [-0.4, -0.2) is 62.0 Å². The molecule has 1 heterocycles. The number of carbonyl (C=O) groups excluding carboxylic acids is 1. The van der Waals surface area contributed by atoms with Gasteiger partial charge in [-0.15, -0.1) is 0 Å². The van der Waals surface area contributed by atoms with Crippen molar-refractivity contribution in [3.63, 3.8) is 0 Å². The molecule has 2 radical (unpaired) electrons. The Hall–Kier alpha value is -2.31. The second-order valence-electron chi connectivity index (χ2n) is 7.86. The van der Waals surface area contributed by atoms with E-state index < -0.39 is 5.60 Å². The molecule has 1 saturated heterocycles. The molecular weight excluding hydrogens is 375 g/mol. The molecule has 0 aromatic heterocycles. The minimum atomic E-state index is -1.19. The van der Waals surface area contributed by atoms with E-state index in [9.17, 15) is 9.90 Å². The monoisotopic (exact) mass is 406 g/mol. The van der Waals surface area contributed by atoms with Crippen molar-refractivity contribution in [2.75, 3.05) is 33.3 Å². The maximum atomic E-state index is 12.7. The van der Waals surface area contributed by atoms with Gasteiger partial charge in [0.05, 0.1) is 7.11 Å². The molecular formula is C24H31BN2O3. The maximum Gasteiger partial charge on any atom is 0.253 e. The summed E-state index contributed by atoms with van der Waals surface area (Å²) >= 11 is 0. The number of piperidine rings is 1. The van der Waals surface area contributed by atoms with Gasteiger partial charge in [0.2, 0.25) is 0 Å². The second-order valence-corrected chi connectivity index (χ2v) is 7.86. The van der Waals surface area contributed by atoms with E-state index in [1.807, 2.05) is 62.4 Å². The number of benzene rings is 2. The van der Waals surface area contributed by atoms with Crippen LogP contribution >= 0.6 is 0 Å². The van der Waals surface area contributed by atoms with E-state index in [4.69, 9.17) is 12.7 Å². The molecule has 1 atom stereocenters. The van der Waals surface area contributed by atoms with Crippen LogP contribution in [0.5, 0.6) is 5.75 Å². The molecule has 6 heteroatoms. The van der Waals surface area contributed by atoms with Crippen LogP contribution in [0.3, 0.4) is 0 Å². The maximum absolute atomic E-state index is 12.7. The van der Waals surface area contributed by atoms with Crippen molar-refractivity contribution in [3.05, 3.63) is 65.2 Å². The summed E-state index contributed by atoms with van der Waals surface area (Å²) in [6.45, 7) is 6.75. The van der Waals surface area contributed by atoms with E-state index in [-0.39, 0.29) is 11.8 Å². The van der Waals surface area contributed by atoms with Gasteiger partial charge in [-0.3, -0.25) is 4.79 Å². The van der Waals surface area contributed by atoms with Crippen LogP contribution in [-0.2, 0) is 5.60 Å². The van der Waals surface area contributed by atoms with Gasteiger partial charge in [-0.1, -0.05) is 24.3 Å². The molecule has 2 aromatic rings. The molecule has 0 saturated carbocycles. The lowest BCUT2D eigenvalue weighted by atomic mass is 9.71. The smallest absolute Gasteiger partial charge is 0.253 e. The number of rotatable bonds is 7. The molecule has 1 aliphatic heterocycles. The Balaban J connectivity index is 2.01. The van der Waals surface area contributed by atoms with E-state index in [1.54, 1.807) is 16.8 Å². The summed E-state index contributed by atoms with van der Waals surface area (Å²) in [5.74, 6) is 0.720. The Morgan fingerprint density at radius 2 is 1.77 bits per heavy atom. The number of ether oxygens (including phenoxy) is 1. The van der Waals surface area contributed by atoms with Crippen molar-refractivity contribution in [1.29, 1.82) is 0 Å². The third-order valence-electron chi connectivity index (χ3n) is 6.25. The van der Waals surface area contributed by atoms with Crippen molar-refractivity contribution >= 4 is 13.9 Å². The van der Waals surface area contributed by atoms with Gasteiger partial charge < -0.3 is 19.6 Å². The normalized spacial score (nSPS) is 17.3. The minimum absolute atomic E-state index is 0.00732. The first-order valence-corrected chi connectivity index (χ1v) is 10.7. The third kappa shape index (κ3) is 4.40. The SMILES string of the molecule is [B]N1CCC(C(O)(c2ccc(C(=O)N(CC)CC)cc2)c2cccc(OC)c2)CC1. The average molecular weight is 406 g/mol. The highest BCUT2D eigenvalue weighted by Crippen LogP contribution is 2.42. The zero-order chi connectivity index (χ0) is 21.7. The molecule has 1 aliphatic rings. The number of nitrogens with zero attached hydrogens (tertiary/aromatic N) is 2. The molecule has 1 N–H and O–H groups in total. The minimum Gasteiger partial charge on any atom is -0.497 e. The van der Waals surface area contributed by atoms with Crippen LogP contribution < -0.4 is 4.74 Å². The van der Waals surface area contributed by atoms with E-state index in [2.05, 4.69) is 0 Å². The van der Waals surface area contributed by atoms with Gasteiger partial charge in [0.15, 0.2) is 7.98 Å². The lowest BCUT2D eigenvalue weighted by Gasteiger charge is -2.42. The molecule has 3 rings (SSSR count). The molecule has 0 aliphatic carbocycles. The van der Waals surface area contributed by atoms with Crippen LogP contribution in [0.25, 0.3) is 0 Å². The first-order valence-electron chi connectivity index (χ1n) is 10.7. The third-order valence-corrected chi connectivity index (χ3v) is 6.25. The summed E-state index contributed by atoms with van der Waals surface area (Å²) in [5.41, 5.74) is 1.02. The Labute approximate surface area is 181 Å². The predicted octanol–water partition coefficient (Wildman–Crippen LogP) is 3.21. The topological polar surface area (TPSA) is 53.0 Å². The molecule has 1 amide bonds. The molecule has 0 bridgehead atoms. The van der Waals surface area contributed by atoms with Crippen molar-refractivity contribution in [3.8, 4) is 5.75 Å². The zero-order valence-corrected chi connectivity index (χ0v) is 18.2. The molecule has 5 nitrogen and oxygen atoms in total. The second kappa shape index (κ2) is 9.67. The average Bonchev–Trinajstić information content (AvgIpc) is 2.80. The molecule has 158 valence electrons. The van der Waals surface area contributed by atoms with Crippen molar-refractivity contribution < 1.29 is 14.6 Å². The van der Waals surface area contributed by atoms with Gasteiger partial charge in [0.25, 0.3) is 5.91 Å². The molecule has 0 spiro atoms. The number of carbonyl (C=O) groups is 1. The van der Waals surface area contributed by atoms with Gasteiger partial charge >= 0.3 is 0 Å². The Bertz CT molecular complexity index is 846. The predicted molar refractivity (Wildman–Crippen MR) is 120 cm³/mol. The van der Waals surface area contributed by atoms with Crippen LogP contribution in [0.4, 0.5) is 0 Å². The molecule has 30 heavy (non-hydrogen) atoms. The fourth-order valence-electron chi connectivity index (χ4n) is 4.38. The first-order chi connectivity index (χ1) is 14.4. The Kier molecular flexibility index (Phi) is 7.21. The van der Waals surface area contributed by atoms with E-state index in [0.29, 0.717) is 24.4 Å². The van der Waals surface area contributed by atoms with Crippen molar-refractivity contribution in [1.82, 2.24) is 9.71 Å². The van der Waals surface area contributed by atoms with Crippen molar-refractivity contribution in [2.45, 2.75) is 32.3 Å². The zero-order valence-electron chi connectivity index (χ0n) is 18.2. The Morgan fingerprint density at radius 1 is 1.13 bits per heavy atom. The quantitative estimate of drug-likeness (QED) is 0.718. The number of aliphatic hydroxyl groups is 1. The number of methoxy groups -OCH3 is 1. The van der Waals surface area contributed by atoms with Gasteiger partial charge in [-0.25, -0.2) is 0 Å². The summed E-state index contributed by atoms with van der Waals surface area (Å²) in [7, 11) is 7.58. The lowest BCUT2D eigenvalue weighted by molar-refractivity contribution is -0.00535. The number of hydrogen-bond acceptors (Lipinski definition) is 4. The molecule has 2 aromatic carbocycles.